The van der Waals surface area contributed by atoms with Crippen molar-refractivity contribution < 1.29 is 14.3 Å². The molecule has 1 fully saturated rings. The van der Waals surface area contributed by atoms with E-state index in [0.29, 0.717) is 31.5 Å². The second-order valence-corrected chi connectivity index (χ2v) is 6.35. The summed E-state index contributed by atoms with van der Waals surface area (Å²) in [4.78, 5) is 30.0. The summed E-state index contributed by atoms with van der Waals surface area (Å²) in [6.45, 7) is 6.67. The van der Waals surface area contributed by atoms with Crippen LogP contribution in [-0.4, -0.2) is 40.5 Å². The number of pyridine rings is 1. The lowest BCUT2D eigenvalue weighted by atomic mass is 9.89. The van der Waals surface area contributed by atoms with Gasteiger partial charge in [0.15, 0.2) is 5.78 Å². The fourth-order valence-electron chi connectivity index (χ4n) is 2.39. The van der Waals surface area contributed by atoms with E-state index in [1.807, 2.05) is 20.8 Å². The fraction of sp³-hybridized carbons (Fsp3) is 0.562. The summed E-state index contributed by atoms with van der Waals surface area (Å²) in [6, 6.07) is 3.55. The molecule has 21 heavy (non-hydrogen) atoms. The van der Waals surface area contributed by atoms with Crippen molar-refractivity contribution in [3.63, 3.8) is 0 Å². The van der Waals surface area contributed by atoms with Crippen molar-refractivity contribution in [1.29, 1.82) is 0 Å². The van der Waals surface area contributed by atoms with Crippen LogP contribution in [0.25, 0.3) is 0 Å². The number of rotatable bonds is 2. The number of nitrogens with zero attached hydrogens (tertiary/aromatic N) is 2. The van der Waals surface area contributed by atoms with Gasteiger partial charge in [-0.2, -0.15) is 0 Å². The maximum absolute atomic E-state index is 12.3. The summed E-state index contributed by atoms with van der Waals surface area (Å²) in [7, 11) is 0. The Morgan fingerprint density at radius 2 is 1.95 bits per heavy atom. The van der Waals surface area contributed by atoms with Gasteiger partial charge in [-0.3, -0.25) is 9.78 Å². The summed E-state index contributed by atoms with van der Waals surface area (Å²) < 4.78 is 5.35. The van der Waals surface area contributed by atoms with E-state index < -0.39 is 5.60 Å². The number of aromatic nitrogens is 1. The average Bonchev–Trinajstić information content (AvgIpc) is 2.46. The third kappa shape index (κ3) is 4.28. The SMILES string of the molecule is CC(C)(C)OC(=O)N1CCC(C(=O)c2cccnc2)CC1. The minimum absolute atomic E-state index is 0.0344. The number of ketones is 1. The summed E-state index contributed by atoms with van der Waals surface area (Å²) in [6.07, 6.45) is 4.31. The largest absolute Gasteiger partial charge is 0.444 e. The molecule has 2 heterocycles. The summed E-state index contributed by atoms with van der Waals surface area (Å²) in [5, 5.41) is 0. The van der Waals surface area contributed by atoms with Crippen molar-refractivity contribution in [3.8, 4) is 0 Å². The molecule has 1 aromatic heterocycles. The Bertz CT molecular complexity index is 500. The van der Waals surface area contributed by atoms with E-state index in [4.69, 9.17) is 4.74 Å². The van der Waals surface area contributed by atoms with E-state index in [2.05, 4.69) is 4.98 Å². The summed E-state index contributed by atoms with van der Waals surface area (Å²) in [5.41, 5.74) is 0.160. The summed E-state index contributed by atoms with van der Waals surface area (Å²) >= 11 is 0. The molecular weight excluding hydrogens is 268 g/mol. The van der Waals surface area contributed by atoms with Gasteiger partial charge >= 0.3 is 6.09 Å². The molecular formula is C16H22N2O3. The second kappa shape index (κ2) is 6.24. The highest BCUT2D eigenvalue weighted by molar-refractivity contribution is 5.97. The molecule has 2 rings (SSSR count). The van der Waals surface area contributed by atoms with Crippen LogP contribution >= 0.6 is 0 Å². The molecule has 0 bridgehead atoms. The predicted molar refractivity (Wildman–Crippen MR) is 79.1 cm³/mol. The second-order valence-electron chi connectivity index (χ2n) is 6.35. The molecule has 5 nitrogen and oxygen atoms in total. The number of hydrogen-bond donors (Lipinski definition) is 0. The van der Waals surface area contributed by atoms with E-state index in [1.54, 1.807) is 29.4 Å². The summed E-state index contributed by atoms with van der Waals surface area (Å²) in [5.74, 6) is 0.0832. The lowest BCUT2D eigenvalue weighted by molar-refractivity contribution is 0.0182. The van der Waals surface area contributed by atoms with Crippen LogP contribution in [0.2, 0.25) is 0 Å². The highest BCUT2D eigenvalue weighted by Crippen LogP contribution is 2.22. The van der Waals surface area contributed by atoms with Crippen molar-refractivity contribution in [2.45, 2.75) is 39.2 Å². The number of carbonyl (C=O) groups is 2. The zero-order valence-corrected chi connectivity index (χ0v) is 12.8. The van der Waals surface area contributed by atoms with Gasteiger partial charge < -0.3 is 9.64 Å². The van der Waals surface area contributed by atoms with Crippen molar-refractivity contribution in [2.24, 2.45) is 5.92 Å². The van der Waals surface area contributed by atoms with Gasteiger partial charge in [0.25, 0.3) is 0 Å². The maximum atomic E-state index is 12.3. The normalized spacial score (nSPS) is 16.6. The van der Waals surface area contributed by atoms with E-state index in [9.17, 15) is 9.59 Å². The minimum Gasteiger partial charge on any atom is -0.444 e. The van der Waals surface area contributed by atoms with Crippen LogP contribution in [0.1, 0.15) is 44.0 Å². The molecule has 0 unspecified atom stereocenters. The van der Waals surface area contributed by atoms with Crippen molar-refractivity contribution in [2.75, 3.05) is 13.1 Å². The van der Waals surface area contributed by atoms with Gasteiger partial charge in [0.05, 0.1) is 0 Å². The zero-order chi connectivity index (χ0) is 15.5. The van der Waals surface area contributed by atoms with Crippen LogP contribution in [0.5, 0.6) is 0 Å². The van der Waals surface area contributed by atoms with Crippen LogP contribution in [0, 0.1) is 5.92 Å². The quantitative estimate of drug-likeness (QED) is 0.786. The Morgan fingerprint density at radius 1 is 1.29 bits per heavy atom. The van der Waals surface area contributed by atoms with E-state index in [0.717, 1.165) is 0 Å². The van der Waals surface area contributed by atoms with Gasteiger partial charge in [-0.05, 0) is 45.7 Å². The van der Waals surface area contributed by atoms with Crippen LogP contribution in [0.15, 0.2) is 24.5 Å². The first-order valence-corrected chi connectivity index (χ1v) is 7.29. The minimum atomic E-state index is -0.487. The molecule has 5 heteroatoms. The van der Waals surface area contributed by atoms with Gasteiger partial charge in [-0.15, -0.1) is 0 Å². The molecule has 0 aromatic carbocycles. The van der Waals surface area contributed by atoms with Gasteiger partial charge in [0, 0.05) is 37.0 Å². The van der Waals surface area contributed by atoms with Gasteiger partial charge in [-0.1, -0.05) is 0 Å². The number of ether oxygens (including phenoxy) is 1. The Hall–Kier alpha value is -1.91. The Morgan fingerprint density at radius 3 is 2.48 bits per heavy atom. The molecule has 0 aliphatic carbocycles. The number of Topliss-reactive ketones (excluding diaryl/α,β-unsaturated/α-hetero) is 1. The molecule has 0 spiro atoms. The van der Waals surface area contributed by atoms with Gasteiger partial charge in [0.1, 0.15) is 5.60 Å². The first-order valence-electron chi connectivity index (χ1n) is 7.29. The molecule has 0 radical (unpaired) electrons. The van der Waals surface area contributed by atoms with Gasteiger partial charge in [-0.25, -0.2) is 4.79 Å². The van der Waals surface area contributed by atoms with E-state index in [-0.39, 0.29) is 17.8 Å². The molecule has 1 aliphatic rings. The van der Waals surface area contributed by atoms with E-state index >= 15 is 0 Å². The topological polar surface area (TPSA) is 59.5 Å². The average molecular weight is 290 g/mol. The first kappa shape index (κ1) is 15.5. The van der Waals surface area contributed by atoms with Crippen molar-refractivity contribution in [3.05, 3.63) is 30.1 Å². The van der Waals surface area contributed by atoms with Crippen molar-refractivity contribution in [1.82, 2.24) is 9.88 Å². The van der Waals surface area contributed by atoms with Crippen LogP contribution in [0.3, 0.4) is 0 Å². The third-order valence-corrected chi connectivity index (χ3v) is 3.46. The molecule has 0 N–H and O–H groups in total. The number of likely N-dealkylation sites (tertiary alicyclic amines) is 1. The maximum Gasteiger partial charge on any atom is 0.410 e. The molecule has 0 atom stereocenters. The fourth-order valence-corrected chi connectivity index (χ4v) is 2.39. The Kier molecular flexibility index (Phi) is 4.60. The number of amides is 1. The van der Waals surface area contributed by atoms with E-state index in [1.165, 1.54) is 0 Å². The molecule has 1 aliphatic heterocycles. The molecule has 114 valence electrons. The van der Waals surface area contributed by atoms with Crippen LogP contribution in [-0.2, 0) is 4.74 Å². The van der Waals surface area contributed by atoms with Crippen molar-refractivity contribution >= 4 is 11.9 Å². The standard InChI is InChI=1S/C16H22N2O3/c1-16(2,3)21-15(20)18-9-6-12(7-10-18)14(19)13-5-4-8-17-11-13/h4-5,8,11-12H,6-7,9-10H2,1-3H3. The highest BCUT2D eigenvalue weighted by atomic mass is 16.6. The smallest absolute Gasteiger partial charge is 0.410 e. The van der Waals surface area contributed by atoms with Crippen LogP contribution < -0.4 is 0 Å². The highest BCUT2D eigenvalue weighted by Gasteiger charge is 2.30. The Balaban J connectivity index is 1.89. The Labute approximate surface area is 125 Å². The third-order valence-electron chi connectivity index (χ3n) is 3.46. The zero-order valence-electron chi connectivity index (χ0n) is 12.8. The molecule has 1 amide bonds. The molecule has 1 saturated heterocycles. The molecule has 1 aromatic rings. The predicted octanol–water partition coefficient (Wildman–Crippen LogP) is 2.91. The van der Waals surface area contributed by atoms with Crippen LogP contribution in [0.4, 0.5) is 4.79 Å². The lowest BCUT2D eigenvalue weighted by Crippen LogP contribution is -2.43. The first-order chi connectivity index (χ1) is 9.87. The number of piperidine rings is 1. The number of carbonyl (C=O) groups excluding carboxylic acids is 2. The monoisotopic (exact) mass is 290 g/mol. The molecule has 0 saturated carbocycles. The lowest BCUT2D eigenvalue weighted by Gasteiger charge is -2.32. The van der Waals surface area contributed by atoms with Gasteiger partial charge in [0.2, 0.25) is 0 Å². The number of hydrogen-bond acceptors (Lipinski definition) is 4.